The third-order valence-electron chi connectivity index (χ3n) is 8.55. The molecule has 2 saturated heterocycles. The van der Waals surface area contributed by atoms with E-state index in [-0.39, 0.29) is 0 Å². The quantitative estimate of drug-likeness (QED) is 0.288. The number of ether oxygens (including phenoxy) is 1. The number of piperidine rings is 1. The molecule has 2 aromatic carbocycles. The number of nitrogens with zero attached hydrogens (tertiary/aromatic N) is 6. The maximum Gasteiger partial charge on any atom is 0.229 e. The van der Waals surface area contributed by atoms with E-state index < -0.39 is 0 Å². The first-order valence-corrected chi connectivity index (χ1v) is 16.3. The van der Waals surface area contributed by atoms with Gasteiger partial charge in [-0.2, -0.15) is 4.98 Å². The van der Waals surface area contributed by atoms with Crippen molar-refractivity contribution in [3.05, 3.63) is 53.2 Å². The first-order chi connectivity index (χ1) is 20.5. The Kier molecular flexibility index (Phi) is 9.14. The summed E-state index contributed by atoms with van der Waals surface area (Å²) in [5.41, 5.74) is 5.53. The summed E-state index contributed by atoms with van der Waals surface area (Å²) in [6.45, 7) is 10.0. The highest BCUT2D eigenvalue weighted by Crippen LogP contribution is 2.41. The standard InChI is InChI=1S/C31H41ClN8OS/c1-4-42-40-15-10-22-6-5-7-27(29(22)40)34-30-25(32)21-33-31(36-30)35-26-9-8-24(20-28(26)41-3)38-13-11-23(12-14-38)39-18-16-37(2)17-19-39/h5-9,20-21,23H,4,10-19H2,1-3H3,(H2,33,34,35,36). The molecule has 0 saturated carbocycles. The van der Waals surface area contributed by atoms with Gasteiger partial charge in [0.15, 0.2) is 5.82 Å². The molecule has 4 heterocycles. The number of hydrogen-bond acceptors (Lipinski definition) is 10. The lowest BCUT2D eigenvalue weighted by molar-refractivity contribution is 0.0982. The van der Waals surface area contributed by atoms with Crippen LogP contribution in [0.1, 0.15) is 25.3 Å². The maximum absolute atomic E-state index is 6.56. The minimum absolute atomic E-state index is 0.452. The van der Waals surface area contributed by atoms with Crippen LogP contribution >= 0.6 is 23.5 Å². The first kappa shape index (κ1) is 29.2. The van der Waals surface area contributed by atoms with E-state index in [0.29, 0.717) is 22.8 Å². The molecule has 2 N–H and O–H groups in total. The van der Waals surface area contributed by atoms with Crippen LogP contribution in [-0.4, -0.2) is 91.5 Å². The number of fused-ring (bicyclic) bond motifs is 1. The summed E-state index contributed by atoms with van der Waals surface area (Å²) >= 11 is 8.39. The lowest BCUT2D eigenvalue weighted by Gasteiger charge is -2.42. The van der Waals surface area contributed by atoms with Gasteiger partial charge in [0.05, 0.1) is 30.4 Å². The van der Waals surface area contributed by atoms with Gasteiger partial charge in [0.2, 0.25) is 5.95 Å². The molecule has 0 unspecified atom stereocenters. The smallest absolute Gasteiger partial charge is 0.229 e. The zero-order chi connectivity index (χ0) is 29.1. The molecule has 0 spiro atoms. The second-order valence-electron chi connectivity index (χ2n) is 11.2. The summed E-state index contributed by atoms with van der Waals surface area (Å²) in [6.07, 6.45) is 5.05. The Balaban J connectivity index is 1.13. The van der Waals surface area contributed by atoms with Crippen LogP contribution in [-0.2, 0) is 6.42 Å². The van der Waals surface area contributed by atoms with Crippen LogP contribution in [0.2, 0.25) is 5.02 Å². The van der Waals surface area contributed by atoms with Crippen molar-refractivity contribution >= 4 is 58.1 Å². The summed E-state index contributed by atoms with van der Waals surface area (Å²) in [7, 11) is 3.92. The molecule has 1 aromatic heterocycles. The molecule has 6 rings (SSSR count). The van der Waals surface area contributed by atoms with Crippen molar-refractivity contribution < 1.29 is 4.74 Å². The molecule has 0 aliphatic carbocycles. The van der Waals surface area contributed by atoms with Gasteiger partial charge in [0.1, 0.15) is 10.8 Å². The third-order valence-corrected chi connectivity index (χ3v) is 9.76. The van der Waals surface area contributed by atoms with Gasteiger partial charge in [-0.15, -0.1) is 0 Å². The lowest BCUT2D eigenvalue weighted by atomic mass is 10.0. The molecule has 0 radical (unpaired) electrons. The van der Waals surface area contributed by atoms with E-state index in [1.807, 2.05) is 11.9 Å². The van der Waals surface area contributed by atoms with Gasteiger partial charge in [-0.1, -0.05) is 42.6 Å². The fraction of sp³-hybridized carbons (Fsp3) is 0.484. The highest BCUT2D eigenvalue weighted by Gasteiger charge is 2.27. The van der Waals surface area contributed by atoms with Crippen LogP contribution in [0, 0.1) is 0 Å². The summed E-state index contributed by atoms with van der Waals surface area (Å²) in [5, 5.41) is 7.29. The summed E-state index contributed by atoms with van der Waals surface area (Å²) < 4.78 is 8.16. The van der Waals surface area contributed by atoms with E-state index >= 15 is 0 Å². The molecule has 9 nitrogen and oxygen atoms in total. The number of aromatic nitrogens is 2. The van der Waals surface area contributed by atoms with Gasteiger partial charge in [-0.3, -0.25) is 4.90 Å². The van der Waals surface area contributed by atoms with E-state index in [1.165, 1.54) is 56.0 Å². The average molecular weight is 609 g/mol. The van der Waals surface area contributed by atoms with Crippen molar-refractivity contribution in [1.82, 2.24) is 19.8 Å². The molecule has 42 heavy (non-hydrogen) atoms. The molecule has 11 heteroatoms. The zero-order valence-electron chi connectivity index (χ0n) is 24.8. The SMILES string of the molecule is CCSN1CCc2cccc(Nc3nc(Nc4ccc(N5CCC(N6CCN(C)CC6)CC5)cc4OC)ncc3Cl)c21. The fourth-order valence-corrected chi connectivity index (χ4v) is 7.24. The number of halogens is 1. The van der Waals surface area contributed by atoms with Crippen LogP contribution in [0.5, 0.6) is 5.75 Å². The van der Waals surface area contributed by atoms with Crippen molar-refractivity contribution in [2.75, 3.05) is 85.6 Å². The number of para-hydroxylation sites is 1. The van der Waals surface area contributed by atoms with Crippen molar-refractivity contribution in [2.45, 2.75) is 32.2 Å². The Morgan fingerprint density at radius 1 is 1.00 bits per heavy atom. The number of piperazine rings is 1. The largest absolute Gasteiger partial charge is 0.494 e. The van der Waals surface area contributed by atoms with Gasteiger partial charge < -0.3 is 29.5 Å². The number of anilines is 6. The van der Waals surface area contributed by atoms with E-state index in [2.05, 4.69) is 85.0 Å². The van der Waals surface area contributed by atoms with Gasteiger partial charge >= 0.3 is 0 Å². The number of rotatable bonds is 9. The number of hydrogen-bond donors (Lipinski definition) is 2. The van der Waals surface area contributed by atoms with Gasteiger partial charge in [0, 0.05) is 69.4 Å². The number of benzene rings is 2. The van der Waals surface area contributed by atoms with Crippen molar-refractivity contribution in [2.24, 2.45) is 0 Å². The van der Waals surface area contributed by atoms with Crippen LogP contribution in [0.3, 0.4) is 0 Å². The molecule has 224 valence electrons. The lowest BCUT2D eigenvalue weighted by Crippen LogP contribution is -2.52. The maximum atomic E-state index is 6.56. The molecule has 0 amide bonds. The molecule has 3 aliphatic rings. The number of likely N-dealkylation sites (N-methyl/N-ethyl adjacent to an activating group) is 1. The van der Waals surface area contributed by atoms with Gasteiger partial charge in [-0.05, 0) is 50.1 Å². The third kappa shape index (κ3) is 6.37. The zero-order valence-corrected chi connectivity index (χ0v) is 26.3. The Bertz CT molecular complexity index is 1380. The Hall–Kier alpha value is -2.92. The highest BCUT2D eigenvalue weighted by molar-refractivity contribution is 8.00. The van der Waals surface area contributed by atoms with Crippen LogP contribution in [0.4, 0.5) is 34.5 Å². The molecule has 0 bridgehead atoms. The molecular formula is C31H41ClN8OS. The minimum Gasteiger partial charge on any atom is -0.494 e. The fourth-order valence-electron chi connectivity index (χ4n) is 6.23. The number of methoxy groups -OCH3 is 1. The van der Waals surface area contributed by atoms with E-state index in [4.69, 9.17) is 21.3 Å². The molecule has 3 aromatic rings. The van der Waals surface area contributed by atoms with Crippen LogP contribution < -0.4 is 24.6 Å². The van der Waals surface area contributed by atoms with E-state index in [9.17, 15) is 0 Å². The van der Waals surface area contributed by atoms with Crippen molar-refractivity contribution in [1.29, 1.82) is 0 Å². The normalized spacial score (nSPS) is 18.3. The Labute approximate surface area is 258 Å². The summed E-state index contributed by atoms with van der Waals surface area (Å²) in [5.74, 6) is 2.80. The van der Waals surface area contributed by atoms with Crippen LogP contribution in [0.15, 0.2) is 42.6 Å². The van der Waals surface area contributed by atoms with Crippen molar-refractivity contribution in [3.63, 3.8) is 0 Å². The van der Waals surface area contributed by atoms with Crippen molar-refractivity contribution in [3.8, 4) is 5.75 Å². The Morgan fingerprint density at radius 3 is 2.57 bits per heavy atom. The summed E-state index contributed by atoms with van der Waals surface area (Å²) in [6, 6.07) is 13.4. The van der Waals surface area contributed by atoms with Crippen LogP contribution in [0.25, 0.3) is 0 Å². The molecular weight excluding hydrogens is 568 g/mol. The minimum atomic E-state index is 0.452. The topological polar surface area (TPSA) is 72.0 Å². The van der Waals surface area contributed by atoms with Gasteiger partial charge in [0.25, 0.3) is 0 Å². The predicted octanol–water partition coefficient (Wildman–Crippen LogP) is 5.87. The average Bonchev–Trinajstić information content (AvgIpc) is 3.43. The van der Waals surface area contributed by atoms with E-state index in [0.717, 1.165) is 48.9 Å². The molecule has 2 fully saturated rings. The monoisotopic (exact) mass is 608 g/mol. The van der Waals surface area contributed by atoms with Gasteiger partial charge in [-0.25, -0.2) is 4.98 Å². The second kappa shape index (κ2) is 13.2. The van der Waals surface area contributed by atoms with E-state index in [1.54, 1.807) is 13.3 Å². The molecule has 0 atom stereocenters. The predicted molar refractivity (Wildman–Crippen MR) is 177 cm³/mol. The molecule has 3 aliphatic heterocycles. The number of nitrogens with one attached hydrogen (secondary N) is 2. The highest BCUT2D eigenvalue weighted by atomic mass is 35.5. The first-order valence-electron chi connectivity index (χ1n) is 15.0. The Morgan fingerprint density at radius 2 is 1.81 bits per heavy atom. The summed E-state index contributed by atoms with van der Waals surface area (Å²) in [4.78, 5) is 16.8. The second-order valence-corrected chi connectivity index (χ2v) is 12.8.